The lowest BCUT2D eigenvalue weighted by Gasteiger charge is -2.26. The average molecular weight is 275 g/mol. The number of methoxy groups -OCH3 is 2. The summed E-state index contributed by atoms with van der Waals surface area (Å²) >= 11 is 0. The lowest BCUT2D eigenvalue weighted by atomic mass is 9.94. The van der Waals surface area contributed by atoms with E-state index in [1.54, 1.807) is 18.2 Å². The number of alkyl halides is 2. The molecule has 0 aliphatic rings. The summed E-state index contributed by atoms with van der Waals surface area (Å²) in [7, 11) is 2.99. The zero-order valence-corrected chi connectivity index (χ0v) is 11.0. The molecule has 0 bridgehead atoms. The minimum absolute atomic E-state index is 0.120. The number of benzene rings is 1. The predicted molar refractivity (Wildman–Crippen MR) is 67.3 cm³/mol. The molecule has 6 heteroatoms. The number of hydrogen-bond acceptors (Lipinski definition) is 4. The fraction of sp³-hybridized carbons (Fsp3) is 0.538. The Morgan fingerprint density at radius 1 is 1.16 bits per heavy atom. The van der Waals surface area contributed by atoms with Crippen LogP contribution in [0.25, 0.3) is 0 Å². The first kappa shape index (κ1) is 15.8. The van der Waals surface area contributed by atoms with E-state index in [1.807, 2.05) is 0 Å². The molecule has 4 nitrogen and oxygen atoms in total. The molecule has 0 saturated heterocycles. The standard InChI is InChI=1S/C13H19F2NO3/c1-17-12(18-2)10(7-8-16)9-5-3-4-6-11(9)19-13(14)15/h3-6,10,12-13H,7-8,16H2,1-2H3. The zero-order valence-electron chi connectivity index (χ0n) is 11.0. The van der Waals surface area contributed by atoms with Crippen molar-refractivity contribution in [1.82, 2.24) is 0 Å². The van der Waals surface area contributed by atoms with E-state index in [9.17, 15) is 8.78 Å². The summed E-state index contributed by atoms with van der Waals surface area (Å²) in [5.74, 6) is -0.148. The SMILES string of the molecule is COC(OC)C(CCN)c1ccccc1OC(F)F. The highest BCUT2D eigenvalue weighted by Gasteiger charge is 2.26. The maximum absolute atomic E-state index is 12.4. The van der Waals surface area contributed by atoms with Gasteiger partial charge in [0, 0.05) is 25.7 Å². The molecule has 0 aliphatic carbocycles. The first-order valence-corrected chi connectivity index (χ1v) is 5.93. The Labute approximate surface area is 111 Å². The Morgan fingerprint density at radius 2 is 1.79 bits per heavy atom. The van der Waals surface area contributed by atoms with Gasteiger partial charge in [-0.3, -0.25) is 0 Å². The van der Waals surface area contributed by atoms with Crippen LogP contribution in [0.1, 0.15) is 17.9 Å². The van der Waals surface area contributed by atoms with Crippen LogP contribution in [-0.4, -0.2) is 33.7 Å². The molecule has 0 amide bonds. The maximum Gasteiger partial charge on any atom is 0.387 e. The second-order valence-corrected chi connectivity index (χ2v) is 3.94. The van der Waals surface area contributed by atoms with E-state index in [0.717, 1.165) is 0 Å². The number of ether oxygens (including phenoxy) is 3. The van der Waals surface area contributed by atoms with E-state index in [4.69, 9.17) is 15.2 Å². The van der Waals surface area contributed by atoms with Crippen molar-refractivity contribution >= 4 is 0 Å². The van der Waals surface area contributed by atoms with E-state index in [0.29, 0.717) is 18.5 Å². The minimum Gasteiger partial charge on any atom is -0.435 e. The van der Waals surface area contributed by atoms with E-state index < -0.39 is 12.9 Å². The first-order chi connectivity index (χ1) is 9.13. The number of nitrogens with two attached hydrogens (primary N) is 1. The Balaban J connectivity index is 3.06. The zero-order chi connectivity index (χ0) is 14.3. The van der Waals surface area contributed by atoms with Gasteiger partial charge in [-0.15, -0.1) is 0 Å². The van der Waals surface area contributed by atoms with Crippen molar-refractivity contribution in [2.45, 2.75) is 25.2 Å². The molecule has 108 valence electrons. The topological polar surface area (TPSA) is 53.7 Å². The number of para-hydroxylation sites is 1. The van der Waals surface area contributed by atoms with Gasteiger partial charge in [0.15, 0.2) is 6.29 Å². The summed E-state index contributed by atoms with van der Waals surface area (Å²) < 4.78 is 39.8. The Morgan fingerprint density at radius 3 is 2.32 bits per heavy atom. The van der Waals surface area contributed by atoms with Gasteiger partial charge in [0.2, 0.25) is 0 Å². The van der Waals surface area contributed by atoms with Crippen molar-refractivity contribution in [3.05, 3.63) is 29.8 Å². The lowest BCUT2D eigenvalue weighted by Crippen LogP contribution is -2.26. The molecule has 0 heterocycles. The third-order valence-electron chi connectivity index (χ3n) is 2.81. The fourth-order valence-corrected chi connectivity index (χ4v) is 2.03. The molecular weight excluding hydrogens is 256 g/mol. The van der Waals surface area contributed by atoms with E-state index >= 15 is 0 Å². The predicted octanol–water partition coefficient (Wildman–Crippen LogP) is 2.34. The van der Waals surface area contributed by atoms with Crippen LogP contribution in [0, 0.1) is 0 Å². The van der Waals surface area contributed by atoms with Crippen molar-refractivity contribution in [2.24, 2.45) is 5.73 Å². The summed E-state index contributed by atoms with van der Waals surface area (Å²) in [4.78, 5) is 0. The van der Waals surface area contributed by atoms with E-state index in [1.165, 1.54) is 20.3 Å². The minimum atomic E-state index is -2.87. The third kappa shape index (κ3) is 4.41. The molecular formula is C13H19F2NO3. The molecule has 0 aliphatic heterocycles. The molecule has 0 aromatic heterocycles. The van der Waals surface area contributed by atoms with Gasteiger partial charge in [-0.2, -0.15) is 8.78 Å². The third-order valence-corrected chi connectivity index (χ3v) is 2.81. The van der Waals surface area contributed by atoms with Crippen LogP contribution in [0.15, 0.2) is 24.3 Å². The van der Waals surface area contributed by atoms with Gasteiger partial charge in [-0.25, -0.2) is 0 Å². The summed E-state index contributed by atoms with van der Waals surface area (Å²) in [5.41, 5.74) is 6.16. The van der Waals surface area contributed by atoms with Crippen LogP contribution >= 0.6 is 0 Å². The van der Waals surface area contributed by atoms with Gasteiger partial charge in [0.25, 0.3) is 0 Å². The highest BCUT2D eigenvalue weighted by atomic mass is 19.3. The average Bonchev–Trinajstić information content (AvgIpc) is 2.39. The van der Waals surface area contributed by atoms with Crippen molar-refractivity contribution < 1.29 is 23.0 Å². The molecule has 19 heavy (non-hydrogen) atoms. The van der Waals surface area contributed by atoms with E-state index in [2.05, 4.69) is 4.74 Å². The first-order valence-electron chi connectivity index (χ1n) is 5.93. The van der Waals surface area contributed by atoms with Crippen LogP contribution < -0.4 is 10.5 Å². The van der Waals surface area contributed by atoms with Crippen molar-refractivity contribution in [2.75, 3.05) is 20.8 Å². The van der Waals surface area contributed by atoms with Crippen LogP contribution in [0.4, 0.5) is 8.78 Å². The summed E-state index contributed by atoms with van der Waals surface area (Å²) in [6.45, 7) is -2.49. The van der Waals surface area contributed by atoms with Crippen LogP contribution in [0.2, 0.25) is 0 Å². The highest BCUT2D eigenvalue weighted by molar-refractivity contribution is 5.36. The van der Waals surface area contributed by atoms with Crippen molar-refractivity contribution in [3.8, 4) is 5.75 Å². The largest absolute Gasteiger partial charge is 0.435 e. The van der Waals surface area contributed by atoms with Gasteiger partial charge in [0.05, 0.1) is 0 Å². The normalized spacial score (nSPS) is 13.0. The molecule has 1 aromatic carbocycles. The molecule has 1 rings (SSSR count). The molecule has 0 spiro atoms. The van der Waals surface area contributed by atoms with Gasteiger partial charge < -0.3 is 19.9 Å². The molecule has 2 N–H and O–H groups in total. The Kier molecular flexibility index (Phi) is 6.69. The maximum atomic E-state index is 12.4. The van der Waals surface area contributed by atoms with Crippen LogP contribution in [0.3, 0.4) is 0 Å². The van der Waals surface area contributed by atoms with Crippen molar-refractivity contribution in [3.63, 3.8) is 0 Å². The van der Waals surface area contributed by atoms with Gasteiger partial charge in [-0.1, -0.05) is 18.2 Å². The van der Waals surface area contributed by atoms with Crippen LogP contribution in [0.5, 0.6) is 5.75 Å². The molecule has 0 radical (unpaired) electrons. The van der Waals surface area contributed by atoms with Crippen LogP contribution in [-0.2, 0) is 9.47 Å². The summed E-state index contributed by atoms with van der Waals surface area (Å²) in [6, 6.07) is 6.59. The molecule has 1 unspecified atom stereocenters. The molecule has 0 saturated carbocycles. The van der Waals surface area contributed by atoms with Gasteiger partial charge in [-0.05, 0) is 19.0 Å². The summed E-state index contributed by atoms with van der Waals surface area (Å²) in [6.07, 6.45) is -0.0263. The highest BCUT2D eigenvalue weighted by Crippen LogP contribution is 2.33. The summed E-state index contributed by atoms with van der Waals surface area (Å²) in [5, 5.41) is 0. The number of hydrogen-bond donors (Lipinski definition) is 1. The number of halogens is 2. The van der Waals surface area contributed by atoms with Gasteiger partial charge in [0.1, 0.15) is 5.75 Å². The van der Waals surface area contributed by atoms with E-state index in [-0.39, 0.29) is 11.7 Å². The fourth-order valence-electron chi connectivity index (χ4n) is 2.03. The van der Waals surface area contributed by atoms with Crippen molar-refractivity contribution in [1.29, 1.82) is 0 Å². The Hall–Kier alpha value is -1.24. The Bertz CT molecular complexity index is 373. The molecule has 1 aromatic rings. The molecule has 1 atom stereocenters. The number of rotatable bonds is 8. The smallest absolute Gasteiger partial charge is 0.387 e. The quantitative estimate of drug-likeness (QED) is 0.740. The second-order valence-electron chi connectivity index (χ2n) is 3.94. The lowest BCUT2D eigenvalue weighted by molar-refractivity contribution is -0.120. The molecule has 0 fully saturated rings. The monoisotopic (exact) mass is 275 g/mol. The second kappa shape index (κ2) is 8.04. The van der Waals surface area contributed by atoms with Gasteiger partial charge >= 0.3 is 6.61 Å².